The van der Waals surface area contributed by atoms with E-state index in [-0.39, 0.29) is 19.2 Å². The topological polar surface area (TPSA) is 86.8 Å². The largest absolute Gasteiger partial charge is 0.480 e. The van der Waals surface area contributed by atoms with Crippen molar-refractivity contribution < 1.29 is 15.0 Å². The lowest BCUT2D eigenvalue weighted by atomic mass is 9.91. The molecule has 2 atom stereocenters. The van der Waals surface area contributed by atoms with Crippen molar-refractivity contribution in [1.82, 2.24) is 4.90 Å². The highest BCUT2D eigenvalue weighted by Crippen LogP contribution is 2.19. The van der Waals surface area contributed by atoms with E-state index < -0.39 is 5.97 Å². The molecule has 0 saturated carbocycles. The minimum atomic E-state index is -0.801. The van der Waals surface area contributed by atoms with E-state index in [0.717, 1.165) is 25.8 Å². The van der Waals surface area contributed by atoms with Crippen LogP contribution in [0.15, 0.2) is 0 Å². The van der Waals surface area contributed by atoms with Crippen molar-refractivity contribution in [2.45, 2.75) is 25.3 Å². The van der Waals surface area contributed by atoms with Crippen LogP contribution in [0.5, 0.6) is 0 Å². The quantitative estimate of drug-likeness (QED) is 0.576. The van der Waals surface area contributed by atoms with Crippen molar-refractivity contribution in [1.29, 1.82) is 0 Å². The number of carbonyl (C=O) groups is 1. The van der Waals surface area contributed by atoms with Crippen LogP contribution >= 0.6 is 0 Å². The van der Waals surface area contributed by atoms with Crippen LogP contribution in [-0.4, -0.2) is 53.4 Å². The maximum absolute atomic E-state index is 10.6. The number of aliphatic carboxylic acids is 1. The van der Waals surface area contributed by atoms with Gasteiger partial charge < -0.3 is 15.9 Å². The highest BCUT2D eigenvalue weighted by molar-refractivity contribution is 5.69. The normalized spacial score (nSPS) is 27.9. The maximum Gasteiger partial charge on any atom is 0.317 e. The summed E-state index contributed by atoms with van der Waals surface area (Å²) in [4.78, 5) is 12.5. The van der Waals surface area contributed by atoms with Crippen LogP contribution < -0.4 is 5.73 Å². The first kappa shape index (κ1) is 12.4. The number of hydrogen-bond acceptors (Lipinski definition) is 4. The van der Waals surface area contributed by atoms with E-state index in [1.54, 1.807) is 0 Å². The highest BCUT2D eigenvalue weighted by atomic mass is 16.4. The molecule has 0 aliphatic carbocycles. The second kappa shape index (κ2) is 6.05. The number of likely N-dealkylation sites (tertiary alicyclic amines) is 1. The van der Waals surface area contributed by atoms with E-state index in [9.17, 15) is 4.79 Å². The second-order valence-electron chi connectivity index (χ2n) is 4.32. The van der Waals surface area contributed by atoms with E-state index in [1.165, 1.54) is 0 Å². The number of piperidine rings is 1. The van der Waals surface area contributed by atoms with Crippen LogP contribution in [0, 0.1) is 5.92 Å². The zero-order valence-corrected chi connectivity index (χ0v) is 8.93. The Labute approximate surface area is 89.9 Å². The summed E-state index contributed by atoms with van der Waals surface area (Å²) in [6.07, 6.45) is 2.65. The molecule has 0 aromatic carbocycles. The molecule has 1 fully saturated rings. The average Bonchev–Trinajstić information content (AvgIpc) is 2.12. The molecule has 1 aliphatic rings. The van der Waals surface area contributed by atoms with E-state index >= 15 is 0 Å². The fourth-order valence-electron chi connectivity index (χ4n) is 2.26. The Kier molecular flexibility index (Phi) is 5.01. The predicted molar refractivity (Wildman–Crippen MR) is 56.5 cm³/mol. The second-order valence-corrected chi connectivity index (χ2v) is 4.32. The summed E-state index contributed by atoms with van der Waals surface area (Å²) in [6.45, 7) is 1.73. The van der Waals surface area contributed by atoms with Gasteiger partial charge in [0.2, 0.25) is 0 Å². The van der Waals surface area contributed by atoms with Gasteiger partial charge in [0.25, 0.3) is 0 Å². The van der Waals surface area contributed by atoms with Gasteiger partial charge in [-0.25, -0.2) is 0 Å². The number of rotatable bonds is 5. The molecule has 0 aromatic heterocycles. The van der Waals surface area contributed by atoms with Crippen LogP contribution in [-0.2, 0) is 4.79 Å². The molecule has 1 aliphatic heterocycles. The third-order valence-electron chi connectivity index (χ3n) is 2.77. The standard InChI is InChI=1S/C10H20N2O3/c11-9-4-8(2-1-3-13)5-12(6-9)7-10(14)15/h8-9,13H,1-7,11H2,(H,14,15). The molecule has 5 nitrogen and oxygen atoms in total. The van der Waals surface area contributed by atoms with Gasteiger partial charge in [0, 0.05) is 25.7 Å². The monoisotopic (exact) mass is 216 g/mol. The zero-order valence-electron chi connectivity index (χ0n) is 8.93. The van der Waals surface area contributed by atoms with Crippen molar-refractivity contribution in [2.24, 2.45) is 11.7 Å². The van der Waals surface area contributed by atoms with Gasteiger partial charge in [-0.15, -0.1) is 0 Å². The van der Waals surface area contributed by atoms with Gasteiger partial charge in [0.15, 0.2) is 0 Å². The van der Waals surface area contributed by atoms with Crippen molar-refractivity contribution in [3.05, 3.63) is 0 Å². The summed E-state index contributed by atoms with van der Waals surface area (Å²) in [6, 6.07) is 0.0711. The number of nitrogens with two attached hydrogens (primary N) is 1. The summed E-state index contributed by atoms with van der Waals surface area (Å²) in [5.74, 6) is -0.370. The smallest absolute Gasteiger partial charge is 0.317 e. The SMILES string of the molecule is NC1CC(CCCO)CN(CC(=O)O)C1. The summed E-state index contributed by atoms with van der Waals surface area (Å²) in [5, 5.41) is 17.4. The first-order valence-corrected chi connectivity index (χ1v) is 5.42. The van der Waals surface area contributed by atoms with E-state index in [4.69, 9.17) is 15.9 Å². The molecule has 0 radical (unpaired) electrons. The Hall–Kier alpha value is -0.650. The van der Waals surface area contributed by atoms with Crippen molar-refractivity contribution >= 4 is 5.97 Å². The average molecular weight is 216 g/mol. The van der Waals surface area contributed by atoms with Gasteiger partial charge in [0.1, 0.15) is 0 Å². The number of hydrogen-bond donors (Lipinski definition) is 3. The lowest BCUT2D eigenvalue weighted by Crippen LogP contribution is -2.48. The number of carboxylic acid groups (broad SMARTS) is 1. The van der Waals surface area contributed by atoms with Crippen molar-refractivity contribution in [3.63, 3.8) is 0 Å². The van der Waals surface area contributed by atoms with Gasteiger partial charge in [-0.1, -0.05) is 0 Å². The van der Waals surface area contributed by atoms with E-state index in [2.05, 4.69) is 0 Å². The van der Waals surface area contributed by atoms with E-state index in [1.807, 2.05) is 4.90 Å². The molecular formula is C10H20N2O3. The Balaban J connectivity index is 2.37. The summed E-state index contributed by atoms with van der Waals surface area (Å²) >= 11 is 0. The lowest BCUT2D eigenvalue weighted by Gasteiger charge is -2.35. The van der Waals surface area contributed by atoms with Crippen molar-refractivity contribution in [3.8, 4) is 0 Å². The zero-order chi connectivity index (χ0) is 11.3. The highest BCUT2D eigenvalue weighted by Gasteiger charge is 2.25. The Morgan fingerprint density at radius 3 is 2.80 bits per heavy atom. The molecule has 0 bridgehead atoms. The molecule has 0 aromatic rings. The third kappa shape index (κ3) is 4.59. The molecule has 5 heteroatoms. The van der Waals surface area contributed by atoms with Crippen molar-refractivity contribution in [2.75, 3.05) is 26.2 Å². The number of aliphatic hydroxyl groups is 1. The number of nitrogens with zero attached hydrogens (tertiary/aromatic N) is 1. The fourth-order valence-corrected chi connectivity index (χ4v) is 2.26. The molecule has 15 heavy (non-hydrogen) atoms. The first-order chi connectivity index (χ1) is 7.11. The molecule has 2 unspecified atom stereocenters. The van der Waals surface area contributed by atoms with Gasteiger partial charge >= 0.3 is 5.97 Å². The first-order valence-electron chi connectivity index (χ1n) is 5.42. The predicted octanol–water partition coefficient (Wildman–Crippen LogP) is -0.507. The Bertz CT molecular complexity index is 211. The van der Waals surface area contributed by atoms with Crippen LogP contribution in [0.4, 0.5) is 0 Å². The fraction of sp³-hybridized carbons (Fsp3) is 0.900. The van der Waals surface area contributed by atoms with Gasteiger partial charge in [-0.2, -0.15) is 0 Å². The summed E-state index contributed by atoms with van der Waals surface area (Å²) in [5.41, 5.74) is 5.87. The number of aliphatic hydroxyl groups excluding tert-OH is 1. The lowest BCUT2D eigenvalue weighted by molar-refractivity contribution is -0.138. The molecule has 1 saturated heterocycles. The van der Waals surface area contributed by atoms with Gasteiger partial charge in [0.05, 0.1) is 6.54 Å². The van der Waals surface area contributed by atoms with E-state index in [0.29, 0.717) is 12.5 Å². The summed E-state index contributed by atoms with van der Waals surface area (Å²) < 4.78 is 0. The molecule has 1 heterocycles. The minimum Gasteiger partial charge on any atom is -0.480 e. The van der Waals surface area contributed by atoms with Gasteiger partial charge in [-0.05, 0) is 25.2 Å². The van der Waals surface area contributed by atoms with Gasteiger partial charge in [-0.3, -0.25) is 9.69 Å². The third-order valence-corrected chi connectivity index (χ3v) is 2.77. The molecular weight excluding hydrogens is 196 g/mol. The number of carboxylic acids is 1. The van der Waals surface area contributed by atoms with Crippen LogP contribution in [0.1, 0.15) is 19.3 Å². The van der Waals surface area contributed by atoms with Crippen LogP contribution in [0.25, 0.3) is 0 Å². The maximum atomic E-state index is 10.6. The molecule has 0 spiro atoms. The molecule has 4 N–H and O–H groups in total. The Morgan fingerprint density at radius 2 is 2.20 bits per heavy atom. The summed E-state index contributed by atoms with van der Waals surface area (Å²) in [7, 11) is 0. The molecule has 0 amide bonds. The Morgan fingerprint density at radius 1 is 1.47 bits per heavy atom. The molecule has 1 rings (SSSR count). The molecule has 88 valence electrons. The van der Waals surface area contributed by atoms with Crippen LogP contribution in [0.3, 0.4) is 0 Å². The minimum absolute atomic E-state index is 0.0711. The van der Waals surface area contributed by atoms with Crippen LogP contribution in [0.2, 0.25) is 0 Å².